The maximum Gasteiger partial charge on any atom is 0.261 e. The van der Waals surface area contributed by atoms with Gasteiger partial charge in [-0.1, -0.05) is 36.4 Å². The van der Waals surface area contributed by atoms with Crippen molar-refractivity contribution in [2.75, 3.05) is 10.0 Å². The predicted molar refractivity (Wildman–Crippen MR) is 117 cm³/mol. The highest BCUT2D eigenvalue weighted by molar-refractivity contribution is 7.92. The fourth-order valence-electron chi connectivity index (χ4n) is 2.98. The Bertz CT molecular complexity index is 1180. The molecule has 6 heteroatoms. The van der Waals surface area contributed by atoms with Crippen molar-refractivity contribution in [2.24, 2.45) is 0 Å². The minimum atomic E-state index is -3.83. The summed E-state index contributed by atoms with van der Waals surface area (Å²) in [5.74, 6) is -0.343. The zero-order chi connectivity index (χ0) is 21.2. The van der Waals surface area contributed by atoms with E-state index in [1.165, 1.54) is 12.1 Å². The van der Waals surface area contributed by atoms with Gasteiger partial charge in [-0.25, -0.2) is 8.42 Å². The standard InChI is InChI=1S/C23H24N2O3S/c1-15-9-7-11-22(18(15)4)24-23(26)20-14-19(13-12-16(20)2)29(27,28)25-21-10-6-5-8-17(21)3/h5-14,25H,1-4H3,(H,24,26). The topological polar surface area (TPSA) is 75.3 Å². The molecule has 0 aromatic heterocycles. The molecule has 0 spiro atoms. The van der Waals surface area contributed by atoms with Gasteiger partial charge in [0, 0.05) is 11.3 Å². The second-order valence-corrected chi connectivity index (χ2v) is 8.78. The number of hydrogen-bond donors (Lipinski definition) is 2. The van der Waals surface area contributed by atoms with E-state index in [0.717, 1.165) is 16.7 Å². The van der Waals surface area contributed by atoms with Crippen LogP contribution in [0.2, 0.25) is 0 Å². The molecule has 29 heavy (non-hydrogen) atoms. The van der Waals surface area contributed by atoms with E-state index in [0.29, 0.717) is 22.5 Å². The Morgan fingerprint density at radius 1 is 0.759 bits per heavy atom. The third-order valence-corrected chi connectivity index (χ3v) is 6.37. The van der Waals surface area contributed by atoms with Crippen molar-refractivity contribution < 1.29 is 13.2 Å². The quantitative estimate of drug-likeness (QED) is 0.626. The van der Waals surface area contributed by atoms with Crippen LogP contribution in [-0.2, 0) is 10.0 Å². The van der Waals surface area contributed by atoms with Gasteiger partial charge in [0.1, 0.15) is 0 Å². The van der Waals surface area contributed by atoms with Crippen LogP contribution in [0, 0.1) is 27.7 Å². The van der Waals surface area contributed by atoms with Crippen molar-refractivity contribution in [2.45, 2.75) is 32.6 Å². The van der Waals surface area contributed by atoms with E-state index in [-0.39, 0.29) is 10.8 Å². The SMILES string of the molecule is Cc1ccccc1NS(=O)(=O)c1ccc(C)c(C(=O)Nc2cccc(C)c2C)c1. The summed E-state index contributed by atoms with van der Waals surface area (Å²) in [7, 11) is -3.83. The van der Waals surface area contributed by atoms with Crippen molar-refractivity contribution in [3.05, 3.63) is 88.5 Å². The van der Waals surface area contributed by atoms with Crippen LogP contribution in [-0.4, -0.2) is 14.3 Å². The van der Waals surface area contributed by atoms with E-state index >= 15 is 0 Å². The Morgan fingerprint density at radius 2 is 1.41 bits per heavy atom. The second kappa shape index (κ2) is 8.09. The van der Waals surface area contributed by atoms with Gasteiger partial charge in [0.25, 0.3) is 15.9 Å². The summed E-state index contributed by atoms with van der Waals surface area (Å²) in [5.41, 5.74) is 5.09. The van der Waals surface area contributed by atoms with Gasteiger partial charge < -0.3 is 5.32 Å². The third-order valence-electron chi connectivity index (χ3n) is 5.01. The van der Waals surface area contributed by atoms with E-state index in [1.807, 2.05) is 51.1 Å². The largest absolute Gasteiger partial charge is 0.322 e. The van der Waals surface area contributed by atoms with Crippen molar-refractivity contribution in [1.82, 2.24) is 0 Å². The van der Waals surface area contributed by atoms with Crippen LogP contribution in [0.15, 0.2) is 65.6 Å². The van der Waals surface area contributed by atoms with Crippen LogP contribution >= 0.6 is 0 Å². The summed E-state index contributed by atoms with van der Waals surface area (Å²) in [6.45, 7) is 7.52. The molecule has 3 aromatic carbocycles. The number of hydrogen-bond acceptors (Lipinski definition) is 3. The number of carbonyl (C=O) groups excluding carboxylic acids is 1. The average Bonchev–Trinajstić information content (AvgIpc) is 2.67. The molecule has 0 saturated carbocycles. The summed E-state index contributed by atoms with van der Waals surface area (Å²) >= 11 is 0. The monoisotopic (exact) mass is 408 g/mol. The fraction of sp³-hybridized carbons (Fsp3) is 0.174. The van der Waals surface area contributed by atoms with Crippen LogP contribution in [0.4, 0.5) is 11.4 Å². The Hall–Kier alpha value is -3.12. The van der Waals surface area contributed by atoms with Gasteiger partial charge >= 0.3 is 0 Å². The minimum absolute atomic E-state index is 0.0393. The first-order valence-electron chi connectivity index (χ1n) is 9.26. The lowest BCUT2D eigenvalue weighted by molar-refractivity contribution is 0.102. The zero-order valence-corrected chi connectivity index (χ0v) is 17.7. The molecule has 3 aromatic rings. The number of para-hydroxylation sites is 1. The molecule has 3 rings (SSSR count). The first-order valence-corrected chi connectivity index (χ1v) is 10.7. The molecule has 0 saturated heterocycles. The molecule has 0 aliphatic rings. The zero-order valence-electron chi connectivity index (χ0n) is 16.9. The maximum atomic E-state index is 12.9. The fourth-order valence-corrected chi connectivity index (χ4v) is 4.14. The van der Waals surface area contributed by atoms with E-state index < -0.39 is 10.0 Å². The molecule has 0 fully saturated rings. The van der Waals surface area contributed by atoms with Crippen molar-refractivity contribution >= 4 is 27.3 Å². The number of anilines is 2. The van der Waals surface area contributed by atoms with Crippen molar-refractivity contribution in [1.29, 1.82) is 0 Å². The molecule has 0 atom stereocenters. The third kappa shape index (κ3) is 4.49. The first kappa shape index (κ1) is 20.6. The summed E-state index contributed by atoms with van der Waals surface area (Å²) in [6.07, 6.45) is 0. The highest BCUT2D eigenvalue weighted by Crippen LogP contribution is 2.23. The van der Waals surface area contributed by atoms with Crippen molar-refractivity contribution in [3.8, 4) is 0 Å². The Balaban J connectivity index is 1.92. The van der Waals surface area contributed by atoms with Gasteiger partial charge in [-0.2, -0.15) is 0 Å². The Morgan fingerprint density at radius 3 is 2.14 bits per heavy atom. The number of amides is 1. The molecule has 5 nitrogen and oxygen atoms in total. The number of nitrogens with one attached hydrogen (secondary N) is 2. The van der Waals surface area contributed by atoms with Gasteiger partial charge in [0.15, 0.2) is 0 Å². The van der Waals surface area contributed by atoms with E-state index in [2.05, 4.69) is 10.0 Å². The first-order chi connectivity index (χ1) is 13.7. The van der Waals surface area contributed by atoms with Crippen LogP contribution in [0.25, 0.3) is 0 Å². The smallest absolute Gasteiger partial charge is 0.261 e. The van der Waals surface area contributed by atoms with Gasteiger partial charge in [0.2, 0.25) is 0 Å². The molecule has 0 aliphatic heterocycles. The minimum Gasteiger partial charge on any atom is -0.322 e. The summed E-state index contributed by atoms with van der Waals surface area (Å²) in [4.78, 5) is 12.9. The number of sulfonamides is 1. The van der Waals surface area contributed by atoms with Crippen LogP contribution < -0.4 is 10.0 Å². The molecule has 0 radical (unpaired) electrons. The van der Waals surface area contributed by atoms with E-state index in [1.54, 1.807) is 25.1 Å². The Kier molecular flexibility index (Phi) is 5.75. The van der Waals surface area contributed by atoms with Gasteiger partial charge in [-0.3, -0.25) is 9.52 Å². The van der Waals surface area contributed by atoms with Crippen molar-refractivity contribution in [3.63, 3.8) is 0 Å². The van der Waals surface area contributed by atoms with Gasteiger partial charge in [-0.15, -0.1) is 0 Å². The summed E-state index contributed by atoms with van der Waals surface area (Å²) < 4.78 is 28.3. The molecular weight excluding hydrogens is 384 g/mol. The van der Waals surface area contributed by atoms with Crippen LogP contribution in [0.5, 0.6) is 0 Å². The molecule has 0 heterocycles. The number of carbonyl (C=O) groups is 1. The molecule has 150 valence electrons. The van der Waals surface area contributed by atoms with E-state index in [9.17, 15) is 13.2 Å². The lowest BCUT2D eigenvalue weighted by Gasteiger charge is -2.14. The maximum absolute atomic E-state index is 12.9. The molecular formula is C23H24N2O3S. The summed E-state index contributed by atoms with van der Waals surface area (Å²) in [6, 6.07) is 17.4. The van der Waals surface area contributed by atoms with Crippen LogP contribution in [0.3, 0.4) is 0 Å². The average molecular weight is 409 g/mol. The van der Waals surface area contributed by atoms with Gasteiger partial charge in [0.05, 0.1) is 10.6 Å². The predicted octanol–water partition coefficient (Wildman–Crippen LogP) is 4.97. The lowest BCUT2D eigenvalue weighted by Crippen LogP contribution is -2.18. The molecule has 0 aliphatic carbocycles. The Labute approximate surface area is 171 Å². The molecule has 0 bridgehead atoms. The highest BCUT2D eigenvalue weighted by atomic mass is 32.2. The molecule has 1 amide bonds. The van der Waals surface area contributed by atoms with Gasteiger partial charge in [-0.05, 0) is 74.2 Å². The normalized spacial score (nSPS) is 11.2. The van der Waals surface area contributed by atoms with Crippen LogP contribution in [0.1, 0.15) is 32.6 Å². The lowest BCUT2D eigenvalue weighted by atomic mass is 10.1. The number of benzene rings is 3. The number of rotatable bonds is 5. The summed E-state index contributed by atoms with van der Waals surface area (Å²) in [5, 5.41) is 2.89. The number of aryl methyl sites for hydroxylation is 3. The molecule has 0 unspecified atom stereocenters. The second-order valence-electron chi connectivity index (χ2n) is 7.10. The van der Waals surface area contributed by atoms with E-state index in [4.69, 9.17) is 0 Å². The molecule has 2 N–H and O–H groups in total. The highest BCUT2D eigenvalue weighted by Gasteiger charge is 2.19.